The maximum Gasteiger partial charge on any atom is 0.416 e. The zero-order valence-corrected chi connectivity index (χ0v) is 16.1. The summed E-state index contributed by atoms with van der Waals surface area (Å²) in [5.74, 6) is 0.440. The molecule has 1 heterocycles. The number of alkyl halides is 6. The fraction of sp³-hybridized carbons (Fsp3) is 0.0870. The van der Waals surface area contributed by atoms with Crippen molar-refractivity contribution in [1.82, 2.24) is 15.0 Å². The number of hydrogen-bond acceptors (Lipinski definition) is 3. The van der Waals surface area contributed by atoms with Crippen molar-refractivity contribution in [3.05, 3.63) is 90.0 Å². The van der Waals surface area contributed by atoms with Crippen LogP contribution in [0.2, 0.25) is 0 Å². The van der Waals surface area contributed by atoms with Crippen LogP contribution in [0, 0.1) is 0 Å². The van der Waals surface area contributed by atoms with Crippen molar-refractivity contribution in [2.45, 2.75) is 12.4 Å². The van der Waals surface area contributed by atoms with E-state index in [4.69, 9.17) is 0 Å². The lowest BCUT2D eigenvalue weighted by Crippen LogP contribution is -2.05. The maximum atomic E-state index is 12.9. The van der Waals surface area contributed by atoms with Gasteiger partial charge in [-0.3, -0.25) is 0 Å². The lowest BCUT2D eigenvalue weighted by Gasteiger charge is -2.11. The van der Waals surface area contributed by atoms with E-state index in [1.165, 1.54) is 24.3 Å². The lowest BCUT2D eigenvalue weighted by atomic mass is 10.1. The van der Waals surface area contributed by atoms with Crippen LogP contribution >= 0.6 is 0 Å². The summed E-state index contributed by atoms with van der Waals surface area (Å²) >= 11 is 0. The van der Waals surface area contributed by atoms with Crippen molar-refractivity contribution in [3.8, 4) is 34.2 Å². The van der Waals surface area contributed by atoms with Gasteiger partial charge in [-0.15, -0.1) is 0 Å². The number of nitrogens with zero attached hydrogens (tertiary/aromatic N) is 3. The molecule has 0 fully saturated rings. The molecule has 0 atom stereocenters. The zero-order valence-electron chi connectivity index (χ0n) is 16.1. The largest absolute Gasteiger partial charge is 0.416 e. The van der Waals surface area contributed by atoms with Crippen molar-refractivity contribution < 1.29 is 26.3 Å². The molecule has 0 aliphatic rings. The number of aromatic nitrogens is 3. The monoisotopic (exact) mass is 445 g/mol. The van der Waals surface area contributed by atoms with Crippen LogP contribution in [0.1, 0.15) is 11.1 Å². The van der Waals surface area contributed by atoms with Gasteiger partial charge in [0.25, 0.3) is 0 Å². The second-order valence-electron chi connectivity index (χ2n) is 6.82. The molecular formula is C23H13F6N3. The lowest BCUT2D eigenvalue weighted by molar-refractivity contribution is -0.138. The summed E-state index contributed by atoms with van der Waals surface area (Å²) in [4.78, 5) is 13.0. The van der Waals surface area contributed by atoms with Gasteiger partial charge in [0.1, 0.15) is 0 Å². The molecule has 0 unspecified atom stereocenters. The van der Waals surface area contributed by atoms with E-state index in [2.05, 4.69) is 15.0 Å². The molecule has 0 aliphatic heterocycles. The summed E-state index contributed by atoms with van der Waals surface area (Å²) in [7, 11) is 0. The molecular weight excluding hydrogens is 432 g/mol. The fourth-order valence-electron chi connectivity index (χ4n) is 2.97. The number of hydrogen-bond donors (Lipinski definition) is 0. The highest BCUT2D eigenvalue weighted by Crippen LogP contribution is 2.33. The highest BCUT2D eigenvalue weighted by molar-refractivity contribution is 5.66. The smallest absolute Gasteiger partial charge is 0.208 e. The Balaban J connectivity index is 1.82. The Morgan fingerprint density at radius 3 is 1.03 bits per heavy atom. The van der Waals surface area contributed by atoms with E-state index in [-0.39, 0.29) is 17.5 Å². The van der Waals surface area contributed by atoms with Crippen LogP contribution in [0.15, 0.2) is 78.9 Å². The van der Waals surface area contributed by atoms with Gasteiger partial charge in [-0.05, 0) is 24.3 Å². The van der Waals surface area contributed by atoms with E-state index in [1.807, 2.05) is 0 Å². The fourth-order valence-corrected chi connectivity index (χ4v) is 2.97. The van der Waals surface area contributed by atoms with Gasteiger partial charge in [-0.25, -0.2) is 15.0 Å². The standard InChI is InChI=1S/C23H13F6N3/c24-22(25,26)17-10-6-15(7-11-17)20-30-19(14-4-2-1-3-5-14)31-21(32-20)16-8-12-18(13-9-16)23(27,28)29/h1-13H. The Bertz CT molecular complexity index is 1140. The Morgan fingerprint density at radius 2 is 0.719 bits per heavy atom. The molecule has 0 saturated heterocycles. The summed E-state index contributed by atoms with van der Waals surface area (Å²) < 4.78 is 77.3. The van der Waals surface area contributed by atoms with Crippen molar-refractivity contribution in [1.29, 1.82) is 0 Å². The Morgan fingerprint density at radius 1 is 0.406 bits per heavy atom. The first-order valence-electron chi connectivity index (χ1n) is 9.28. The van der Waals surface area contributed by atoms with Crippen LogP contribution in [0.3, 0.4) is 0 Å². The summed E-state index contributed by atoms with van der Waals surface area (Å²) in [6, 6.07) is 17.4. The van der Waals surface area contributed by atoms with E-state index >= 15 is 0 Å². The SMILES string of the molecule is FC(F)(F)c1ccc(-c2nc(-c3ccccc3)nc(-c3ccc(C(F)(F)F)cc3)n2)cc1. The molecule has 3 aromatic carbocycles. The quantitative estimate of drug-likeness (QED) is 0.322. The minimum Gasteiger partial charge on any atom is -0.208 e. The number of rotatable bonds is 3. The maximum absolute atomic E-state index is 12.9. The Hall–Kier alpha value is -3.75. The molecule has 0 spiro atoms. The minimum absolute atomic E-state index is 0.0995. The third kappa shape index (κ3) is 4.61. The molecule has 0 amide bonds. The highest BCUT2D eigenvalue weighted by Gasteiger charge is 2.31. The second-order valence-corrected chi connectivity index (χ2v) is 6.82. The Labute approximate surface area is 178 Å². The summed E-state index contributed by atoms with van der Waals surface area (Å²) in [6.07, 6.45) is -8.98. The van der Waals surface area contributed by atoms with E-state index in [0.29, 0.717) is 16.7 Å². The number of halogens is 6. The molecule has 9 heteroatoms. The predicted molar refractivity (Wildman–Crippen MR) is 106 cm³/mol. The molecule has 4 rings (SSSR count). The van der Waals surface area contributed by atoms with Gasteiger partial charge < -0.3 is 0 Å². The van der Waals surface area contributed by atoms with E-state index < -0.39 is 23.5 Å². The van der Waals surface area contributed by atoms with E-state index in [9.17, 15) is 26.3 Å². The summed E-state index contributed by atoms with van der Waals surface area (Å²) in [5.41, 5.74) is -0.393. The van der Waals surface area contributed by atoms with Crippen molar-refractivity contribution in [2.24, 2.45) is 0 Å². The minimum atomic E-state index is -4.49. The normalized spacial score (nSPS) is 12.1. The first kappa shape index (κ1) is 21.5. The molecule has 32 heavy (non-hydrogen) atoms. The summed E-state index contributed by atoms with van der Waals surface area (Å²) in [5, 5.41) is 0. The van der Waals surface area contributed by atoms with Crippen LogP contribution in [0.4, 0.5) is 26.3 Å². The third-order valence-corrected chi connectivity index (χ3v) is 4.61. The molecule has 0 saturated carbocycles. The van der Waals surface area contributed by atoms with Crippen molar-refractivity contribution >= 4 is 0 Å². The van der Waals surface area contributed by atoms with Crippen molar-refractivity contribution in [2.75, 3.05) is 0 Å². The third-order valence-electron chi connectivity index (χ3n) is 4.61. The van der Waals surface area contributed by atoms with E-state index in [0.717, 1.165) is 24.3 Å². The van der Waals surface area contributed by atoms with Crippen LogP contribution < -0.4 is 0 Å². The van der Waals surface area contributed by atoms with Gasteiger partial charge in [-0.2, -0.15) is 26.3 Å². The number of benzene rings is 3. The predicted octanol–water partition coefficient (Wildman–Crippen LogP) is 6.91. The van der Waals surface area contributed by atoms with Gasteiger partial charge in [0, 0.05) is 16.7 Å². The van der Waals surface area contributed by atoms with Crippen molar-refractivity contribution in [3.63, 3.8) is 0 Å². The van der Waals surface area contributed by atoms with Gasteiger partial charge in [0.2, 0.25) is 0 Å². The van der Waals surface area contributed by atoms with Crippen LogP contribution in [-0.4, -0.2) is 15.0 Å². The Kier molecular flexibility index (Phi) is 5.41. The molecule has 0 aliphatic carbocycles. The molecule has 0 N–H and O–H groups in total. The van der Waals surface area contributed by atoms with Gasteiger partial charge in [0.05, 0.1) is 11.1 Å². The molecule has 0 radical (unpaired) electrons. The molecule has 0 bridgehead atoms. The molecule has 3 nitrogen and oxygen atoms in total. The average Bonchev–Trinajstić information content (AvgIpc) is 2.78. The van der Waals surface area contributed by atoms with Crippen LogP contribution in [0.25, 0.3) is 34.2 Å². The zero-order chi connectivity index (χ0) is 22.9. The van der Waals surface area contributed by atoms with Gasteiger partial charge in [0.15, 0.2) is 17.5 Å². The van der Waals surface area contributed by atoms with Gasteiger partial charge in [-0.1, -0.05) is 54.6 Å². The van der Waals surface area contributed by atoms with Crippen LogP contribution in [-0.2, 0) is 12.4 Å². The second kappa shape index (κ2) is 8.07. The summed E-state index contributed by atoms with van der Waals surface area (Å²) in [6.45, 7) is 0. The first-order chi connectivity index (χ1) is 15.1. The molecule has 1 aromatic heterocycles. The van der Waals surface area contributed by atoms with Crippen LogP contribution in [0.5, 0.6) is 0 Å². The highest BCUT2D eigenvalue weighted by atomic mass is 19.4. The van der Waals surface area contributed by atoms with E-state index in [1.54, 1.807) is 30.3 Å². The van der Waals surface area contributed by atoms with Gasteiger partial charge >= 0.3 is 12.4 Å². The average molecular weight is 445 g/mol. The molecule has 4 aromatic rings. The molecule has 162 valence electrons. The topological polar surface area (TPSA) is 38.7 Å². The first-order valence-corrected chi connectivity index (χ1v) is 9.28.